The first-order valence-electron chi connectivity index (χ1n) is 7.94. The molecule has 0 spiro atoms. The van der Waals surface area contributed by atoms with Gasteiger partial charge >= 0.3 is 0 Å². The van der Waals surface area contributed by atoms with Crippen LogP contribution in [0.25, 0.3) is 0 Å². The normalized spacial score (nSPS) is 26.4. The maximum atomic E-state index is 11.9. The number of fused-ring (bicyclic) bond motifs is 1. The summed E-state index contributed by atoms with van der Waals surface area (Å²) in [4.78, 5) is 18.7. The van der Waals surface area contributed by atoms with Gasteiger partial charge in [0.05, 0.1) is 12.0 Å². The molecule has 5 heteroatoms. The quantitative estimate of drug-likeness (QED) is 0.881. The number of nitrogens with zero attached hydrogens (tertiary/aromatic N) is 2. The van der Waals surface area contributed by atoms with Gasteiger partial charge in [0.2, 0.25) is 5.91 Å². The Morgan fingerprint density at radius 3 is 3.24 bits per heavy atom. The molecule has 0 saturated carbocycles. The van der Waals surface area contributed by atoms with Gasteiger partial charge in [-0.1, -0.05) is 6.92 Å². The molecule has 114 valence electrons. The first-order valence-corrected chi connectivity index (χ1v) is 7.94. The average molecular weight is 288 g/mol. The molecule has 1 amide bonds. The number of piperidine rings is 1. The van der Waals surface area contributed by atoms with Gasteiger partial charge in [-0.2, -0.15) is 0 Å². The van der Waals surface area contributed by atoms with Gasteiger partial charge in [-0.3, -0.25) is 4.79 Å². The monoisotopic (exact) mass is 288 g/mol. The van der Waals surface area contributed by atoms with E-state index in [1.54, 1.807) is 0 Å². The highest BCUT2D eigenvalue weighted by Gasteiger charge is 2.41. The highest BCUT2D eigenvalue weighted by atomic mass is 16.2. The molecular weight excluding hydrogens is 264 g/mol. The van der Waals surface area contributed by atoms with Gasteiger partial charge in [0.15, 0.2) is 0 Å². The zero-order valence-electron chi connectivity index (χ0n) is 12.8. The zero-order chi connectivity index (χ0) is 14.8. The average Bonchev–Trinajstić information content (AvgIpc) is 2.89. The fraction of sp³-hybridized carbons (Fsp3) is 0.625. The van der Waals surface area contributed by atoms with Crippen LogP contribution in [0, 0.1) is 5.92 Å². The van der Waals surface area contributed by atoms with E-state index in [2.05, 4.69) is 46.5 Å². The Hall–Kier alpha value is -1.62. The van der Waals surface area contributed by atoms with Gasteiger partial charge in [0.1, 0.15) is 5.82 Å². The van der Waals surface area contributed by atoms with Crippen molar-refractivity contribution in [3.8, 4) is 0 Å². The van der Waals surface area contributed by atoms with Crippen LogP contribution >= 0.6 is 0 Å². The van der Waals surface area contributed by atoms with Crippen LogP contribution in [-0.2, 0) is 4.79 Å². The highest BCUT2D eigenvalue weighted by Crippen LogP contribution is 2.31. The minimum Gasteiger partial charge on any atom is -0.354 e. The van der Waals surface area contributed by atoms with Crippen molar-refractivity contribution in [2.24, 2.45) is 5.92 Å². The van der Waals surface area contributed by atoms with Crippen LogP contribution in [0.5, 0.6) is 0 Å². The van der Waals surface area contributed by atoms with Crippen LogP contribution in [0.3, 0.4) is 0 Å². The van der Waals surface area contributed by atoms with E-state index in [9.17, 15) is 4.79 Å². The third-order valence-electron chi connectivity index (χ3n) is 4.68. The first kappa shape index (κ1) is 14.3. The second kappa shape index (κ2) is 6.02. The van der Waals surface area contributed by atoms with Crippen LogP contribution < -0.4 is 15.5 Å². The number of anilines is 1. The Morgan fingerprint density at radius 2 is 2.43 bits per heavy atom. The smallest absolute Gasteiger partial charge is 0.225 e. The van der Waals surface area contributed by atoms with Gasteiger partial charge in [0.25, 0.3) is 0 Å². The topological polar surface area (TPSA) is 57.3 Å². The Labute approximate surface area is 126 Å². The molecule has 1 aromatic rings. The summed E-state index contributed by atoms with van der Waals surface area (Å²) in [5.41, 5.74) is 1.25. The molecule has 0 bridgehead atoms. The number of rotatable bonds is 4. The lowest BCUT2D eigenvalue weighted by molar-refractivity contribution is -0.122. The van der Waals surface area contributed by atoms with E-state index in [0.29, 0.717) is 6.04 Å². The van der Waals surface area contributed by atoms with Crippen molar-refractivity contribution < 1.29 is 4.79 Å². The van der Waals surface area contributed by atoms with Crippen LogP contribution in [0.2, 0.25) is 0 Å². The largest absolute Gasteiger partial charge is 0.354 e. The lowest BCUT2D eigenvalue weighted by Gasteiger charge is -2.37. The third kappa shape index (κ3) is 2.75. The molecule has 1 aromatic heterocycles. The molecule has 3 rings (SSSR count). The number of nitrogens with one attached hydrogen (secondary N) is 2. The third-order valence-corrected chi connectivity index (χ3v) is 4.68. The highest BCUT2D eigenvalue weighted by molar-refractivity contribution is 5.83. The van der Waals surface area contributed by atoms with E-state index in [0.717, 1.165) is 38.3 Å². The predicted molar refractivity (Wildman–Crippen MR) is 83.2 cm³/mol. The molecule has 3 unspecified atom stereocenters. The molecule has 2 aliphatic rings. The van der Waals surface area contributed by atoms with E-state index in [4.69, 9.17) is 0 Å². The molecule has 21 heavy (non-hydrogen) atoms. The number of amides is 1. The minimum atomic E-state index is 0.135. The first-order chi connectivity index (χ1) is 10.2. The van der Waals surface area contributed by atoms with E-state index < -0.39 is 0 Å². The summed E-state index contributed by atoms with van der Waals surface area (Å²) in [6.45, 7) is 6.97. The Kier molecular flexibility index (Phi) is 4.10. The van der Waals surface area contributed by atoms with Crippen molar-refractivity contribution in [3.05, 3.63) is 23.9 Å². The Balaban J connectivity index is 1.83. The van der Waals surface area contributed by atoms with Crippen LogP contribution in [0.1, 0.15) is 38.3 Å². The van der Waals surface area contributed by atoms with Crippen LogP contribution in [0.4, 0.5) is 5.82 Å². The fourth-order valence-corrected chi connectivity index (χ4v) is 3.52. The minimum absolute atomic E-state index is 0.135. The van der Waals surface area contributed by atoms with Crippen molar-refractivity contribution >= 4 is 11.7 Å². The van der Waals surface area contributed by atoms with E-state index in [1.807, 2.05) is 6.20 Å². The number of hydrogen-bond acceptors (Lipinski definition) is 4. The van der Waals surface area contributed by atoms with Gasteiger partial charge < -0.3 is 15.5 Å². The summed E-state index contributed by atoms with van der Waals surface area (Å²) in [7, 11) is 0. The number of hydrogen-bond donors (Lipinski definition) is 2. The number of carbonyl (C=O) groups is 1. The summed E-state index contributed by atoms with van der Waals surface area (Å²) in [6.07, 6.45) is 3.94. The molecule has 2 saturated heterocycles. The SMILES string of the molecule is CCNC(C)c1ccnc(N2CCCC3C(=O)NCC32)c1. The van der Waals surface area contributed by atoms with E-state index in [-0.39, 0.29) is 17.9 Å². The molecule has 0 aromatic carbocycles. The predicted octanol–water partition coefficient (Wildman–Crippen LogP) is 1.47. The molecule has 5 nitrogen and oxygen atoms in total. The van der Waals surface area contributed by atoms with E-state index >= 15 is 0 Å². The second-order valence-corrected chi connectivity index (χ2v) is 5.98. The van der Waals surface area contributed by atoms with Gasteiger partial charge in [-0.25, -0.2) is 4.98 Å². The zero-order valence-corrected chi connectivity index (χ0v) is 12.8. The van der Waals surface area contributed by atoms with Crippen molar-refractivity contribution in [2.45, 2.75) is 38.8 Å². The molecule has 3 heterocycles. The van der Waals surface area contributed by atoms with Gasteiger partial charge in [-0.05, 0) is 44.0 Å². The maximum absolute atomic E-state index is 11.9. The lowest BCUT2D eigenvalue weighted by Crippen LogP contribution is -2.46. The Morgan fingerprint density at radius 1 is 1.57 bits per heavy atom. The lowest BCUT2D eigenvalue weighted by atomic mass is 9.91. The van der Waals surface area contributed by atoms with Crippen molar-refractivity contribution in [1.29, 1.82) is 0 Å². The van der Waals surface area contributed by atoms with Gasteiger partial charge in [-0.15, -0.1) is 0 Å². The molecular formula is C16H24N4O. The second-order valence-electron chi connectivity index (χ2n) is 5.98. The summed E-state index contributed by atoms with van der Waals surface area (Å²) >= 11 is 0. The van der Waals surface area contributed by atoms with Crippen molar-refractivity contribution in [3.63, 3.8) is 0 Å². The molecule has 0 radical (unpaired) electrons. The summed E-state index contributed by atoms with van der Waals surface area (Å²) in [5, 5.41) is 6.43. The molecule has 2 N–H and O–H groups in total. The summed E-state index contributed by atoms with van der Waals surface area (Å²) < 4.78 is 0. The van der Waals surface area contributed by atoms with Gasteiger partial charge in [0, 0.05) is 25.3 Å². The number of aromatic nitrogens is 1. The molecule has 2 fully saturated rings. The summed E-state index contributed by atoms with van der Waals surface area (Å²) in [6, 6.07) is 4.82. The fourth-order valence-electron chi connectivity index (χ4n) is 3.52. The Bertz CT molecular complexity index is 519. The van der Waals surface area contributed by atoms with Crippen molar-refractivity contribution in [1.82, 2.24) is 15.6 Å². The number of carbonyl (C=O) groups excluding carboxylic acids is 1. The van der Waals surface area contributed by atoms with Crippen LogP contribution in [0.15, 0.2) is 18.3 Å². The van der Waals surface area contributed by atoms with Crippen molar-refractivity contribution in [2.75, 3.05) is 24.5 Å². The van der Waals surface area contributed by atoms with Crippen LogP contribution in [-0.4, -0.2) is 36.6 Å². The molecule has 0 aliphatic carbocycles. The number of pyridine rings is 1. The van der Waals surface area contributed by atoms with E-state index in [1.165, 1.54) is 5.56 Å². The summed E-state index contributed by atoms with van der Waals surface area (Å²) in [5.74, 6) is 1.35. The molecule has 2 aliphatic heterocycles. The molecule has 3 atom stereocenters. The standard InChI is InChI=1S/C16H24N4O/c1-3-17-11(2)12-6-7-18-15(9-12)20-8-4-5-13-14(20)10-19-16(13)21/h6-7,9,11,13-14,17H,3-5,8,10H2,1-2H3,(H,19,21). The maximum Gasteiger partial charge on any atom is 0.225 e.